The Labute approximate surface area is 200 Å². The first-order chi connectivity index (χ1) is 16.1. The van der Waals surface area contributed by atoms with Crippen LogP contribution in [0.3, 0.4) is 0 Å². The fraction of sp³-hybridized carbons (Fsp3) is 0.407. The van der Waals surface area contributed by atoms with Crippen LogP contribution in [0.5, 0.6) is 0 Å². The molecule has 1 saturated carbocycles. The average Bonchev–Trinajstić information content (AvgIpc) is 2.87. The highest BCUT2D eigenvalue weighted by atomic mass is 32.1. The third kappa shape index (κ3) is 4.62. The zero-order valence-electron chi connectivity index (χ0n) is 18.7. The lowest BCUT2D eigenvalue weighted by Crippen LogP contribution is -2.48. The van der Waals surface area contributed by atoms with Crippen LogP contribution in [0.4, 0.5) is 0 Å². The number of hydrogen-bond acceptors (Lipinski definition) is 3. The lowest BCUT2D eigenvalue weighted by molar-refractivity contribution is -0.137. The minimum absolute atomic E-state index is 0.0260. The highest BCUT2D eigenvalue weighted by molar-refractivity contribution is 7.80. The molecule has 0 saturated heterocycles. The van der Waals surface area contributed by atoms with Gasteiger partial charge in [0.2, 0.25) is 16.9 Å². The summed E-state index contributed by atoms with van der Waals surface area (Å²) in [6.07, 6.45) is 14.3. The van der Waals surface area contributed by atoms with Gasteiger partial charge >= 0.3 is 0 Å². The predicted octanol–water partition coefficient (Wildman–Crippen LogP) is 4.42. The largest absolute Gasteiger partial charge is 0.338 e. The molecule has 1 aromatic carbocycles. The minimum atomic E-state index is -0.312. The summed E-state index contributed by atoms with van der Waals surface area (Å²) in [6, 6.07) is 10.4. The maximum atomic E-state index is 13.1. The average molecular weight is 460 g/mol. The molecule has 1 atom stereocenters. The smallest absolute Gasteiger partial charge is 0.241 e. The molecule has 2 aliphatic heterocycles. The van der Waals surface area contributed by atoms with Gasteiger partial charge in [-0.15, -0.1) is 0 Å². The fourth-order valence-electron chi connectivity index (χ4n) is 5.34. The van der Waals surface area contributed by atoms with E-state index in [-0.39, 0.29) is 23.7 Å². The molecule has 0 aromatic heterocycles. The van der Waals surface area contributed by atoms with Gasteiger partial charge in [-0.05, 0) is 67.5 Å². The second-order valence-corrected chi connectivity index (χ2v) is 9.70. The van der Waals surface area contributed by atoms with Gasteiger partial charge in [0, 0.05) is 25.6 Å². The fourth-order valence-corrected chi connectivity index (χ4v) is 5.61. The van der Waals surface area contributed by atoms with Gasteiger partial charge in [-0.25, -0.2) is 4.99 Å². The number of allylic oxidation sites excluding steroid dienone is 3. The Hall–Kier alpha value is -2.86. The van der Waals surface area contributed by atoms with Crippen LogP contribution < -0.4 is 0 Å². The summed E-state index contributed by atoms with van der Waals surface area (Å²) in [5.41, 5.74) is 3.33. The molecule has 6 heteroatoms. The molecule has 0 radical (unpaired) electrons. The lowest BCUT2D eigenvalue weighted by atomic mass is 9.80. The number of carbonyl (C=O) groups excluding carboxylic acids is 2. The van der Waals surface area contributed by atoms with Crippen LogP contribution >= 0.6 is 12.2 Å². The summed E-state index contributed by atoms with van der Waals surface area (Å²) in [6.45, 7) is 2.10. The van der Waals surface area contributed by atoms with Gasteiger partial charge in [-0.2, -0.15) is 0 Å². The maximum absolute atomic E-state index is 13.1. The Morgan fingerprint density at radius 2 is 1.88 bits per heavy atom. The molecule has 33 heavy (non-hydrogen) atoms. The van der Waals surface area contributed by atoms with E-state index >= 15 is 0 Å². The molecule has 1 unspecified atom stereocenters. The first-order valence-electron chi connectivity index (χ1n) is 11.9. The molecular weight excluding hydrogens is 430 g/mol. The predicted molar refractivity (Wildman–Crippen MR) is 135 cm³/mol. The van der Waals surface area contributed by atoms with Crippen molar-refractivity contribution < 1.29 is 9.59 Å². The molecule has 5 nitrogen and oxygen atoms in total. The number of fused-ring (bicyclic) bond motifs is 1. The molecule has 5 rings (SSSR count). The Morgan fingerprint density at radius 1 is 1.09 bits per heavy atom. The van der Waals surface area contributed by atoms with E-state index in [1.54, 1.807) is 4.90 Å². The molecule has 1 fully saturated rings. The number of aliphatic imine (C=N–C) groups is 1. The van der Waals surface area contributed by atoms with Crippen molar-refractivity contribution in [1.82, 2.24) is 9.80 Å². The van der Waals surface area contributed by atoms with Gasteiger partial charge in [0.25, 0.3) is 0 Å². The summed E-state index contributed by atoms with van der Waals surface area (Å²) in [5, 5.41) is 0.374. The van der Waals surface area contributed by atoms with Crippen molar-refractivity contribution in [2.45, 2.75) is 32.1 Å². The van der Waals surface area contributed by atoms with E-state index in [4.69, 9.17) is 12.2 Å². The third-order valence-corrected chi connectivity index (χ3v) is 7.60. The van der Waals surface area contributed by atoms with E-state index in [1.165, 1.54) is 11.1 Å². The van der Waals surface area contributed by atoms with E-state index in [0.717, 1.165) is 44.4 Å². The Bertz CT molecular complexity index is 1060. The number of amides is 2. The molecular formula is C27H29N3O2S. The Balaban J connectivity index is 1.14. The zero-order chi connectivity index (χ0) is 22.8. The SMILES string of the molecule is O=C(C1CCC(CN2C(=O)C3C=CC=CC3=NC2=S)CC1)N1CC=C(c2ccccc2)CC1. The van der Waals surface area contributed by atoms with Gasteiger partial charge in [0.05, 0.1) is 11.6 Å². The van der Waals surface area contributed by atoms with Crippen molar-refractivity contribution in [2.75, 3.05) is 19.6 Å². The van der Waals surface area contributed by atoms with Crippen LogP contribution in [0, 0.1) is 17.8 Å². The van der Waals surface area contributed by atoms with E-state index in [9.17, 15) is 9.59 Å². The molecule has 2 heterocycles. The van der Waals surface area contributed by atoms with Crippen molar-refractivity contribution in [3.8, 4) is 0 Å². The first-order valence-corrected chi connectivity index (χ1v) is 12.3. The lowest BCUT2D eigenvalue weighted by Gasteiger charge is -2.36. The molecule has 0 spiro atoms. The van der Waals surface area contributed by atoms with Crippen LogP contribution in [0.2, 0.25) is 0 Å². The Morgan fingerprint density at radius 3 is 2.61 bits per heavy atom. The van der Waals surface area contributed by atoms with Crippen molar-refractivity contribution in [2.24, 2.45) is 22.7 Å². The quantitative estimate of drug-likeness (QED) is 0.627. The van der Waals surface area contributed by atoms with Gasteiger partial charge in [0.1, 0.15) is 0 Å². The molecule has 1 aromatic rings. The third-order valence-electron chi connectivity index (χ3n) is 7.29. The monoisotopic (exact) mass is 459 g/mol. The summed E-state index contributed by atoms with van der Waals surface area (Å²) in [4.78, 5) is 34.3. The number of carbonyl (C=O) groups is 2. The van der Waals surface area contributed by atoms with Crippen molar-refractivity contribution in [1.29, 1.82) is 0 Å². The summed E-state index contributed by atoms with van der Waals surface area (Å²) < 4.78 is 0. The molecule has 2 aliphatic carbocycles. The van der Waals surface area contributed by atoms with E-state index in [2.05, 4.69) is 35.3 Å². The zero-order valence-corrected chi connectivity index (χ0v) is 19.5. The second kappa shape index (κ2) is 9.56. The molecule has 2 amide bonds. The van der Waals surface area contributed by atoms with Gasteiger partial charge in [-0.3, -0.25) is 14.5 Å². The highest BCUT2D eigenvalue weighted by Gasteiger charge is 2.36. The summed E-state index contributed by atoms with van der Waals surface area (Å²) in [7, 11) is 0. The van der Waals surface area contributed by atoms with Gasteiger partial charge in [0.15, 0.2) is 0 Å². The van der Waals surface area contributed by atoms with Crippen LogP contribution in [0.15, 0.2) is 65.7 Å². The van der Waals surface area contributed by atoms with E-state index < -0.39 is 0 Å². The normalized spacial score (nSPS) is 27.2. The summed E-state index contributed by atoms with van der Waals surface area (Å²) in [5.74, 6) is 0.454. The van der Waals surface area contributed by atoms with Crippen LogP contribution in [-0.4, -0.2) is 52.1 Å². The van der Waals surface area contributed by atoms with Gasteiger partial charge < -0.3 is 4.90 Å². The van der Waals surface area contributed by atoms with E-state index in [0.29, 0.717) is 24.1 Å². The number of thiocarbonyl (C=S) groups is 1. The Kier molecular flexibility index (Phi) is 6.36. The number of benzene rings is 1. The summed E-state index contributed by atoms with van der Waals surface area (Å²) >= 11 is 5.43. The van der Waals surface area contributed by atoms with Gasteiger partial charge in [-0.1, -0.05) is 54.6 Å². The van der Waals surface area contributed by atoms with Crippen LogP contribution in [0.25, 0.3) is 5.57 Å². The molecule has 4 aliphatic rings. The molecule has 0 bridgehead atoms. The standard InChI is InChI=1S/C27H29N3O2S/c31-25(29-16-14-21(15-17-29)20-6-2-1-3-7-20)22-12-10-19(11-13-22)18-30-26(32)23-8-4-5-9-24(23)28-27(30)33/h1-9,14,19,22-23H,10-13,15-18H2. The van der Waals surface area contributed by atoms with Crippen molar-refractivity contribution in [3.05, 3.63) is 66.3 Å². The number of rotatable bonds is 4. The van der Waals surface area contributed by atoms with Crippen LogP contribution in [-0.2, 0) is 9.59 Å². The molecule has 170 valence electrons. The topological polar surface area (TPSA) is 53.0 Å². The maximum Gasteiger partial charge on any atom is 0.241 e. The molecule has 0 N–H and O–H groups in total. The van der Waals surface area contributed by atoms with E-state index in [1.807, 2.05) is 35.3 Å². The van der Waals surface area contributed by atoms with Crippen LogP contribution in [0.1, 0.15) is 37.7 Å². The number of nitrogens with zero attached hydrogens (tertiary/aromatic N) is 3. The first kappa shape index (κ1) is 22.0. The highest BCUT2D eigenvalue weighted by Crippen LogP contribution is 2.33. The van der Waals surface area contributed by atoms with Crippen molar-refractivity contribution >= 4 is 40.4 Å². The minimum Gasteiger partial charge on any atom is -0.338 e. The second-order valence-electron chi connectivity index (χ2n) is 9.34. The van der Waals surface area contributed by atoms with Crippen molar-refractivity contribution in [3.63, 3.8) is 0 Å². The number of hydrogen-bond donors (Lipinski definition) is 0.